The van der Waals surface area contributed by atoms with Crippen molar-refractivity contribution < 1.29 is 9.90 Å². The molecule has 0 saturated heterocycles. The van der Waals surface area contributed by atoms with Gasteiger partial charge in [-0.1, -0.05) is 46.9 Å². The molecule has 0 aliphatic heterocycles. The molecule has 2 aliphatic rings. The molecule has 136 valence electrons. The van der Waals surface area contributed by atoms with Crippen molar-refractivity contribution in [3.63, 3.8) is 0 Å². The minimum atomic E-state index is -0.730. The van der Waals surface area contributed by atoms with Crippen LogP contribution in [0.3, 0.4) is 0 Å². The first-order valence-corrected chi connectivity index (χ1v) is 9.88. The molecule has 1 fully saturated rings. The molecule has 26 heavy (non-hydrogen) atoms. The third-order valence-electron chi connectivity index (χ3n) is 4.94. The number of rotatable bonds is 4. The second-order valence-electron chi connectivity index (χ2n) is 6.85. The van der Waals surface area contributed by atoms with Crippen LogP contribution in [0.1, 0.15) is 26.2 Å². The summed E-state index contributed by atoms with van der Waals surface area (Å²) in [6.45, 7) is 2.17. The fraction of sp³-hybridized carbons (Fsp3) is 0.471. The van der Waals surface area contributed by atoms with Gasteiger partial charge in [0.25, 0.3) is 0 Å². The van der Waals surface area contributed by atoms with Crippen LogP contribution >= 0.6 is 22.6 Å². The lowest BCUT2D eigenvalue weighted by Gasteiger charge is -2.17. The first kappa shape index (κ1) is 17.4. The smallest absolute Gasteiger partial charge is 0.306 e. The molecule has 2 N–H and O–H groups in total. The summed E-state index contributed by atoms with van der Waals surface area (Å²) in [6, 6.07) is 0.0754. The molecule has 8 nitrogen and oxygen atoms in total. The van der Waals surface area contributed by atoms with Crippen molar-refractivity contribution in [3.8, 4) is 0 Å². The van der Waals surface area contributed by atoms with E-state index >= 15 is 0 Å². The largest absolute Gasteiger partial charge is 0.481 e. The van der Waals surface area contributed by atoms with Crippen LogP contribution in [0, 0.1) is 11.8 Å². The van der Waals surface area contributed by atoms with E-state index in [1.807, 2.05) is 6.08 Å². The van der Waals surface area contributed by atoms with Crippen LogP contribution in [0.2, 0.25) is 0 Å². The van der Waals surface area contributed by atoms with E-state index in [9.17, 15) is 4.79 Å². The number of nitrogens with one attached hydrogen (secondary N) is 1. The summed E-state index contributed by atoms with van der Waals surface area (Å²) in [4.78, 5) is 20.0. The number of alkyl halides is 1. The number of nitrogens with zero attached hydrogens (tertiary/aromatic N) is 5. The van der Waals surface area contributed by atoms with Gasteiger partial charge in [0.15, 0.2) is 11.2 Å². The molecule has 2 aliphatic carbocycles. The van der Waals surface area contributed by atoms with E-state index in [1.54, 1.807) is 10.9 Å². The maximum absolute atomic E-state index is 11.1. The minimum Gasteiger partial charge on any atom is -0.481 e. The van der Waals surface area contributed by atoms with Crippen LogP contribution in [0.15, 0.2) is 24.4 Å². The predicted octanol–water partition coefficient (Wildman–Crippen LogP) is 2.74. The van der Waals surface area contributed by atoms with Gasteiger partial charge in [0, 0.05) is 9.97 Å². The predicted molar refractivity (Wildman–Crippen MR) is 106 cm³/mol. The van der Waals surface area contributed by atoms with Crippen molar-refractivity contribution in [2.24, 2.45) is 11.8 Å². The lowest BCUT2D eigenvalue weighted by Crippen LogP contribution is -2.19. The number of halogens is 1. The van der Waals surface area contributed by atoms with Crippen LogP contribution in [-0.4, -0.2) is 46.0 Å². The molecule has 2 aromatic rings. The Labute approximate surface area is 163 Å². The lowest BCUT2D eigenvalue weighted by atomic mass is 10.0. The summed E-state index contributed by atoms with van der Waals surface area (Å²) in [5.41, 5.74) is 2.22. The quantitative estimate of drug-likeness (QED) is 0.527. The van der Waals surface area contributed by atoms with Gasteiger partial charge in [-0.3, -0.25) is 4.79 Å². The van der Waals surface area contributed by atoms with E-state index in [0.29, 0.717) is 39.8 Å². The van der Waals surface area contributed by atoms with Gasteiger partial charge in [-0.15, -0.1) is 5.10 Å². The van der Waals surface area contributed by atoms with Gasteiger partial charge in [0.2, 0.25) is 5.95 Å². The van der Waals surface area contributed by atoms with Crippen LogP contribution in [-0.2, 0) is 4.79 Å². The number of carboxylic acids is 1. The highest BCUT2D eigenvalue weighted by molar-refractivity contribution is 14.1. The van der Waals surface area contributed by atoms with Crippen LogP contribution < -0.4 is 5.32 Å². The van der Waals surface area contributed by atoms with E-state index < -0.39 is 5.97 Å². The molecular weight excluding hydrogens is 447 g/mol. The summed E-state index contributed by atoms with van der Waals surface area (Å²) in [5.74, 6) is -0.131. The van der Waals surface area contributed by atoms with Crippen molar-refractivity contribution in [2.45, 2.75) is 36.2 Å². The second-order valence-corrected chi connectivity index (χ2v) is 8.29. The van der Waals surface area contributed by atoms with Crippen molar-refractivity contribution >= 4 is 51.4 Å². The number of aromatic nitrogens is 5. The third kappa shape index (κ3) is 3.31. The van der Waals surface area contributed by atoms with Crippen molar-refractivity contribution in [1.82, 2.24) is 25.0 Å². The SMILES string of the molecule is CC1C=C(n2nnc3cnc(N[C@@H]4CC[C@H](C(=O)O)C4)nc32)C=CC1I. The molecule has 4 atom stereocenters. The molecule has 1 saturated carbocycles. The van der Waals surface area contributed by atoms with Crippen LogP contribution in [0.25, 0.3) is 16.9 Å². The van der Waals surface area contributed by atoms with Gasteiger partial charge in [0.05, 0.1) is 17.8 Å². The average molecular weight is 466 g/mol. The van der Waals surface area contributed by atoms with Crippen molar-refractivity contribution in [2.75, 3.05) is 5.32 Å². The Morgan fingerprint density at radius 2 is 2.27 bits per heavy atom. The topological polar surface area (TPSA) is 106 Å². The monoisotopic (exact) mass is 466 g/mol. The highest BCUT2D eigenvalue weighted by Crippen LogP contribution is 2.29. The molecule has 0 amide bonds. The van der Waals surface area contributed by atoms with E-state index in [0.717, 1.165) is 12.1 Å². The molecule has 0 spiro atoms. The Morgan fingerprint density at radius 1 is 1.42 bits per heavy atom. The number of anilines is 1. The summed E-state index contributed by atoms with van der Waals surface area (Å²) < 4.78 is 2.19. The standard InChI is InChI=1S/C17H19IN6O2/c1-9-6-12(4-5-13(9)18)24-15-14(22-23-24)8-19-17(21-15)20-11-3-2-10(7-11)16(25)26/h4-6,8-11,13H,2-3,7H2,1H3,(H,25,26)(H,19,20,21)/t9?,10-,11+,13?/m0/s1. The Kier molecular flexibility index (Phi) is 4.63. The van der Waals surface area contributed by atoms with Gasteiger partial charge >= 0.3 is 5.97 Å². The summed E-state index contributed by atoms with van der Waals surface area (Å²) >= 11 is 2.41. The van der Waals surface area contributed by atoms with Crippen molar-refractivity contribution in [3.05, 3.63) is 24.4 Å². The highest BCUT2D eigenvalue weighted by Gasteiger charge is 2.30. The number of carbonyl (C=O) groups is 1. The lowest BCUT2D eigenvalue weighted by molar-refractivity contribution is -0.141. The molecule has 2 aromatic heterocycles. The molecular formula is C17H19IN6O2. The van der Waals surface area contributed by atoms with Gasteiger partial charge in [-0.25, -0.2) is 4.98 Å². The summed E-state index contributed by atoms with van der Waals surface area (Å²) in [5, 5.41) is 20.8. The number of allylic oxidation sites excluding steroid dienone is 4. The Hall–Kier alpha value is -2.04. The molecule has 0 radical (unpaired) electrons. The molecule has 4 rings (SSSR count). The number of aliphatic carboxylic acids is 1. The number of carboxylic acid groups (broad SMARTS) is 1. The van der Waals surface area contributed by atoms with E-state index in [4.69, 9.17) is 5.11 Å². The van der Waals surface area contributed by atoms with Crippen molar-refractivity contribution in [1.29, 1.82) is 0 Å². The molecule has 2 unspecified atom stereocenters. The number of hydrogen-bond donors (Lipinski definition) is 2. The second kappa shape index (κ2) is 6.93. The van der Waals surface area contributed by atoms with Gasteiger partial charge in [-0.2, -0.15) is 9.67 Å². The first-order valence-electron chi connectivity index (χ1n) is 8.63. The zero-order valence-corrected chi connectivity index (χ0v) is 16.4. The van der Waals surface area contributed by atoms with Gasteiger partial charge in [-0.05, 0) is 31.3 Å². The average Bonchev–Trinajstić information content (AvgIpc) is 3.24. The molecule has 9 heteroatoms. The van der Waals surface area contributed by atoms with E-state index in [1.165, 1.54) is 0 Å². The van der Waals surface area contributed by atoms with Gasteiger partial charge in [0.1, 0.15) is 0 Å². The Balaban J connectivity index is 1.59. The fourth-order valence-corrected chi connectivity index (χ4v) is 3.83. The zero-order chi connectivity index (χ0) is 18.3. The summed E-state index contributed by atoms with van der Waals surface area (Å²) in [6.07, 6.45) is 10.1. The minimum absolute atomic E-state index is 0.0754. The Morgan fingerprint density at radius 3 is 3.00 bits per heavy atom. The zero-order valence-electron chi connectivity index (χ0n) is 14.2. The molecule has 0 bridgehead atoms. The van der Waals surface area contributed by atoms with Gasteiger partial charge < -0.3 is 10.4 Å². The van der Waals surface area contributed by atoms with Crippen LogP contribution in [0.4, 0.5) is 5.95 Å². The maximum atomic E-state index is 11.1. The summed E-state index contributed by atoms with van der Waals surface area (Å²) in [7, 11) is 0. The number of fused-ring (bicyclic) bond motifs is 1. The first-order chi connectivity index (χ1) is 12.5. The molecule has 0 aromatic carbocycles. The molecule has 2 heterocycles. The fourth-order valence-electron chi connectivity index (χ4n) is 3.41. The van der Waals surface area contributed by atoms with E-state index in [-0.39, 0.29) is 12.0 Å². The third-order valence-corrected chi connectivity index (χ3v) is 6.49. The van der Waals surface area contributed by atoms with E-state index in [2.05, 4.69) is 67.3 Å². The highest BCUT2D eigenvalue weighted by atomic mass is 127. The maximum Gasteiger partial charge on any atom is 0.306 e. The normalized spacial score (nSPS) is 28.3. The Bertz CT molecular complexity index is 908. The van der Waals surface area contributed by atoms with Crippen LogP contribution in [0.5, 0.6) is 0 Å². The number of hydrogen-bond acceptors (Lipinski definition) is 6.